The molecule has 3 rings (SSSR count). The molecule has 2 aromatic carbocycles. The Balaban J connectivity index is 1.99. The molecule has 21 heavy (non-hydrogen) atoms. The maximum Gasteiger partial charge on any atom is 0.258 e. The molecule has 1 unspecified atom stereocenters. The van der Waals surface area contributed by atoms with Gasteiger partial charge in [-0.15, -0.1) is 0 Å². The Hall–Kier alpha value is -2.20. The van der Waals surface area contributed by atoms with Gasteiger partial charge in [0.1, 0.15) is 5.82 Å². The van der Waals surface area contributed by atoms with Crippen LogP contribution in [0.4, 0.5) is 10.1 Å². The van der Waals surface area contributed by atoms with E-state index in [-0.39, 0.29) is 5.91 Å². The second kappa shape index (κ2) is 5.30. The summed E-state index contributed by atoms with van der Waals surface area (Å²) in [6.45, 7) is 2.39. The van der Waals surface area contributed by atoms with Gasteiger partial charge in [-0.2, -0.15) is 0 Å². The zero-order chi connectivity index (χ0) is 15.0. The monoisotopic (exact) mass is 285 g/mol. The molecule has 1 aliphatic heterocycles. The highest BCUT2D eigenvalue weighted by Crippen LogP contribution is 2.35. The predicted octanol–water partition coefficient (Wildman–Crippen LogP) is 3.22. The van der Waals surface area contributed by atoms with E-state index >= 15 is 0 Å². The minimum atomic E-state index is -0.724. The third-order valence-corrected chi connectivity index (χ3v) is 3.81. The first kappa shape index (κ1) is 13.8. The molecule has 1 amide bonds. The largest absolute Gasteiger partial charge is 0.388 e. The third kappa shape index (κ3) is 2.54. The molecule has 1 N–H and O–H groups in total. The molecule has 0 fully saturated rings. The van der Waals surface area contributed by atoms with E-state index in [0.29, 0.717) is 29.8 Å². The smallest absolute Gasteiger partial charge is 0.258 e. The molecule has 108 valence electrons. The molecule has 1 aliphatic rings. The molecule has 4 heteroatoms. The van der Waals surface area contributed by atoms with E-state index in [1.54, 1.807) is 23.1 Å². The maximum absolute atomic E-state index is 13.3. The maximum atomic E-state index is 13.3. The summed E-state index contributed by atoms with van der Waals surface area (Å²) < 4.78 is 13.3. The lowest BCUT2D eigenvalue weighted by molar-refractivity contribution is 0.0970. The SMILES string of the molecule is Cc1ccc(C(=O)N2CCC(O)c3cc(F)ccc32)cc1. The third-order valence-electron chi connectivity index (χ3n) is 3.81. The number of fused-ring (bicyclic) bond motifs is 1. The van der Waals surface area contributed by atoms with Crippen molar-refractivity contribution in [3.63, 3.8) is 0 Å². The Labute approximate surface area is 122 Å². The van der Waals surface area contributed by atoms with E-state index in [1.165, 1.54) is 12.1 Å². The Bertz CT molecular complexity index is 682. The molecule has 2 aromatic rings. The first-order valence-corrected chi connectivity index (χ1v) is 6.92. The van der Waals surface area contributed by atoms with Crippen LogP contribution in [0, 0.1) is 12.7 Å². The molecule has 0 radical (unpaired) electrons. The van der Waals surface area contributed by atoms with Gasteiger partial charge in [0.15, 0.2) is 0 Å². The van der Waals surface area contributed by atoms with Crippen molar-refractivity contribution < 1.29 is 14.3 Å². The summed E-state index contributed by atoms with van der Waals surface area (Å²) >= 11 is 0. The number of amides is 1. The number of carbonyl (C=O) groups is 1. The van der Waals surface area contributed by atoms with Crippen molar-refractivity contribution in [2.45, 2.75) is 19.4 Å². The van der Waals surface area contributed by atoms with Crippen LogP contribution in [0.15, 0.2) is 42.5 Å². The second-order valence-electron chi connectivity index (χ2n) is 5.33. The fourth-order valence-corrected chi connectivity index (χ4v) is 2.63. The second-order valence-corrected chi connectivity index (χ2v) is 5.33. The zero-order valence-corrected chi connectivity index (χ0v) is 11.7. The van der Waals surface area contributed by atoms with E-state index in [4.69, 9.17) is 0 Å². The van der Waals surface area contributed by atoms with Gasteiger partial charge in [0.05, 0.1) is 6.10 Å². The van der Waals surface area contributed by atoms with Crippen molar-refractivity contribution in [3.05, 3.63) is 65.0 Å². The van der Waals surface area contributed by atoms with Crippen LogP contribution in [0.2, 0.25) is 0 Å². The number of nitrogens with zero attached hydrogens (tertiary/aromatic N) is 1. The first-order valence-electron chi connectivity index (χ1n) is 6.92. The number of aliphatic hydroxyl groups is 1. The molecular weight excluding hydrogens is 269 g/mol. The van der Waals surface area contributed by atoms with E-state index in [9.17, 15) is 14.3 Å². The van der Waals surface area contributed by atoms with E-state index in [1.807, 2.05) is 19.1 Å². The molecule has 1 atom stereocenters. The van der Waals surface area contributed by atoms with Gasteiger partial charge in [-0.25, -0.2) is 4.39 Å². The van der Waals surface area contributed by atoms with Gasteiger partial charge in [0, 0.05) is 23.4 Å². The normalized spacial score (nSPS) is 17.5. The van der Waals surface area contributed by atoms with Gasteiger partial charge in [-0.1, -0.05) is 17.7 Å². The van der Waals surface area contributed by atoms with Crippen molar-refractivity contribution in [1.82, 2.24) is 0 Å². The molecular formula is C17H16FNO2. The van der Waals surface area contributed by atoms with E-state index in [2.05, 4.69) is 0 Å². The Morgan fingerprint density at radius 3 is 2.67 bits per heavy atom. The van der Waals surface area contributed by atoms with Crippen LogP contribution in [0.25, 0.3) is 0 Å². The van der Waals surface area contributed by atoms with Crippen molar-refractivity contribution in [2.75, 3.05) is 11.4 Å². The summed E-state index contributed by atoms with van der Waals surface area (Å²) in [7, 11) is 0. The Kier molecular flexibility index (Phi) is 3.47. The number of halogens is 1. The van der Waals surface area contributed by atoms with Crippen molar-refractivity contribution in [3.8, 4) is 0 Å². The van der Waals surface area contributed by atoms with Crippen LogP contribution >= 0.6 is 0 Å². The summed E-state index contributed by atoms with van der Waals surface area (Å²) in [6, 6.07) is 11.5. The zero-order valence-electron chi connectivity index (χ0n) is 11.7. The number of aryl methyl sites for hydroxylation is 1. The first-order chi connectivity index (χ1) is 10.1. The van der Waals surface area contributed by atoms with Crippen molar-refractivity contribution >= 4 is 11.6 Å². The average Bonchev–Trinajstić information content (AvgIpc) is 2.48. The fourth-order valence-electron chi connectivity index (χ4n) is 2.63. The van der Waals surface area contributed by atoms with Gasteiger partial charge < -0.3 is 10.0 Å². The van der Waals surface area contributed by atoms with Gasteiger partial charge in [0.25, 0.3) is 5.91 Å². The molecule has 0 spiro atoms. The van der Waals surface area contributed by atoms with Crippen LogP contribution in [-0.2, 0) is 0 Å². The molecule has 0 aromatic heterocycles. The Morgan fingerprint density at radius 2 is 1.95 bits per heavy atom. The molecule has 1 heterocycles. The highest BCUT2D eigenvalue weighted by molar-refractivity contribution is 6.06. The number of anilines is 1. The van der Waals surface area contributed by atoms with Crippen LogP contribution in [0.1, 0.15) is 34.0 Å². The number of hydrogen-bond donors (Lipinski definition) is 1. The summed E-state index contributed by atoms with van der Waals surface area (Å²) in [5.74, 6) is -0.535. The van der Waals surface area contributed by atoms with Crippen LogP contribution in [0.5, 0.6) is 0 Å². The van der Waals surface area contributed by atoms with Gasteiger partial charge in [0.2, 0.25) is 0 Å². The van der Waals surface area contributed by atoms with E-state index < -0.39 is 11.9 Å². The number of aliphatic hydroxyl groups excluding tert-OH is 1. The van der Waals surface area contributed by atoms with E-state index in [0.717, 1.165) is 5.56 Å². The fraction of sp³-hybridized carbons (Fsp3) is 0.235. The minimum absolute atomic E-state index is 0.130. The molecule has 0 bridgehead atoms. The van der Waals surface area contributed by atoms with Crippen LogP contribution < -0.4 is 4.90 Å². The highest BCUT2D eigenvalue weighted by atomic mass is 19.1. The van der Waals surface area contributed by atoms with Crippen LogP contribution in [-0.4, -0.2) is 17.6 Å². The lowest BCUT2D eigenvalue weighted by Gasteiger charge is -2.32. The lowest BCUT2D eigenvalue weighted by atomic mass is 9.97. The highest BCUT2D eigenvalue weighted by Gasteiger charge is 2.28. The summed E-state index contributed by atoms with van der Waals surface area (Å²) in [4.78, 5) is 14.2. The lowest BCUT2D eigenvalue weighted by Crippen LogP contribution is -2.36. The number of hydrogen-bond acceptors (Lipinski definition) is 2. The molecule has 3 nitrogen and oxygen atoms in total. The van der Waals surface area contributed by atoms with Gasteiger partial charge in [-0.3, -0.25) is 4.79 Å². The average molecular weight is 285 g/mol. The topological polar surface area (TPSA) is 40.5 Å². The molecule has 0 saturated heterocycles. The summed E-state index contributed by atoms with van der Waals surface area (Å²) in [5, 5.41) is 9.99. The predicted molar refractivity (Wildman–Crippen MR) is 78.8 cm³/mol. The number of rotatable bonds is 1. The Morgan fingerprint density at radius 1 is 1.24 bits per heavy atom. The summed E-state index contributed by atoms with van der Waals surface area (Å²) in [6.07, 6.45) is -0.314. The standard InChI is InChI=1S/C17H16FNO2/c1-11-2-4-12(5-3-11)17(21)19-9-8-16(20)14-10-13(18)6-7-15(14)19/h2-7,10,16,20H,8-9H2,1H3. The van der Waals surface area contributed by atoms with Crippen LogP contribution in [0.3, 0.4) is 0 Å². The van der Waals surface area contributed by atoms with Crippen molar-refractivity contribution in [1.29, 1.82) is 0 Å². The quantitative estimate of drug-likeness (QED) is 0.874. The molecule has 0 saturated carbocycles. The molecule has 0 aliphatic carbocycles. The number of carbonyl (C=O) groups excluding carboxylic acids is 1. The number of benzene rings is 2. The minimum Gasteiger partial charge on any atom is -0.388 e. The van der Waals surface area contributed by atoms with Crippen molar-refractivity contribution in [2.24, 2.45) is 0 Å². The van der Waals surface area contributed by atoms with Gasteiger partial charge in [-0.05, 0) is 43.7 Å². The summed E-state index contributed by atoms with van der Waals surface area (Å²) in [5.41, 5.74) is 2.73. The van der Waals surface area contributed by atoms with Gasteiger partial charge >= 0.3 is 0 Å².